The highest BCUT2D eigenvalue weighted by molar-refractivity contribution is 7.87. The highest BCUT2D eigenvalue weighted by Gasteiger charge is 2.39. The maximum absolute atomic E-state index is 14.1. The summed E-state index contributed by atoms with van der Waals surface area (Å²) in [4.78, 5) is 53.4. The predicted molar refractivity (Wildman–Crippen MR) is 202 cm³/mol. The number of carbonyl (C=O) groups is 4. The summed E-state index contributed by atoms with van der Waals surface area (Å²) in [7, 11) is -20.4. The van der Waals surface area contributed by atoms with E-state index in [-0.39, 0.29) is 33.0 Å². The van der Waals surface area contributed by atoms with Gasteiger partial charge in [0.25, 0.3) is 64.1 Å². The fourth-order valence-corrected chi connectivity index (χ4v) is 10.0. The third kappa shape index (κ3) is 5.27. The van der Waals surface area contributed by atoms with Crippen molar-refractivity contribution < 1.29 is 71.1 Å². The number of imide groups is 2. The Balaban J connectivity index is 1.25. The Morgan fingerprint density at radius 2 is 0.552 bits per heavy atom. The second-order valence-electron chi connectivity index (χ2n) is 13.3. The van der Waals surface area contributed by atoms with Gasteiger partial charge in [0.2, 0.25) is 0 Å². The lowest BCUT2D eigenvalue weighted by Gasteiger charge is -2.30. The van der Waals surface area contributed by atoms with E-state index in [2.05, 4.69) is 0 Å². The van der Waals surface area contributed by atoms with Crippen molar-refractivity contribution in [2.24, 2.45) is 0 Å². The highest BCUT2D eigenvalue weighted by atomic mass is 32.2. The summed E-state index contributed by atoms with van der Waals surface area (Å²) >= 11 is 0. The number of carbonyl (C=O) groups excluding carboxylic acids is 4. The molecule has 7 aromatic carbocycles. The first-order valence-corrected chi connectivity index (χ1v) is 21.9. The lowest BCUT2D eigenvalue weighted by Crippen LogP contribution is -2.41. The number of hydrogen-bond acceptors (Lipinski definition) is 12. The maximum atomic E-state index is 14.1. The van der Waals surface area contributed by atoms with Crippen LogP contribution in [0.2, 0.25) is 0 Å². The van der Waals surface area contributed by atoms with Gasteiger partial charge in [-0.2, -0.15) is 33.7 Å². The summed E-state index contributed by atoms with van der Waals surface area (Å²) < 4.78 is 135. The molecule has 0 fully saturated rings. The summed E-state index contributed by atoms with van der Waals surface area (Å²) in [5.41, 5.74) is -1.49. The van der Waals surface area contributed by atoms with Gasteiger partial charge in [-0.3, -0.25) is 37.4 Å². The van der Waals surface area contributed by atoms with E-state index in [9.17, 15) is 71.1 Å². The van der Waals surface area contributed by atoms with Crippen LogP contribution in [0.3, 0.4) is 0 Å². The average molecular weight is 863 g/mol. The molecule has 18 nitrogen and oxygen atoms in total. The van der Waals surface area contributed by atoms with Gasteiger partial charge in [0.1, 0.15) is 0 Å². The molecule has 0 saturated carbocycles. The van der Waals surface area contributed by atoms with Gasteiger partial charge < -0.3 is 0 Å². The van der Waals surface area contributed by atoms with Gasteiger partial charge in [0, 0.05) is 33.0 Å². The minimum Gasteiger partial charge on any atom is -0.282 e. The van der Waals surface area contributed by atoms with Crippen molar-refractivity contribution in [2.75, 3.05) is 9.80 Å². The zero-order valence-electron chi connectivity index (χ0n) is 28.3. The first-order chi connectivity index (χ1) is 27.0. The molecule has 9 rings (SSSR count). The van der Waals surface area contributed by atoms with E-state index in [0.29, 0.717) is 78.5 Å². The maximum Gasteiger partial charge on any atom is 0.294 e. The molecule has 0 aliphatic carbocycles. The van der Waals surface area contributed by atoms with Crippen LogP contribution < -0.4 is 9.80 Å². The molecule has 7 aromatic rings. The quantitative estimate of drug-likeness (QED) is 0.0783. The Kier molecular flexibility index (Phi) is 7.52. The summed E-state index contributed by atoms with van der Waals surface area (Å²) in [5, 5.41) is 2.90. The first kappa shape index (κ1) is 37.3. The van der Waals surface area contributed by atoms with Crippen LogP contribution in [-0.4, -0.2) is 75.5 Å². The highest BCUT2D eigenvalue weighted by Crippen LogP contribution is 2.47. The lowest BCUT2D eigenvalue weighted by atomic mass is 9.82. The number of anilines is 2. The van der Waals surface area contributed by atoms with Gasteiger partial charge in [0.05, 0.1) is 31.0 Å². The second-order valence-corrected chi connectivity index (χ2v) is 18.9. The molecule has 0 bridgehead atoms. The van der Waals surface area contributed by atoms with Crippen molar-refractivity contribution in [3.8, 4) is 0 Å². The monoisotopic (exact) mass is 862 g/mol. The van der Waals surface area contributed by atoms with E-state index in [4.69, 9.17) is 0 Å². The van der Waals surface area contributed by atoms with Gasteiger partial charge in [0.15, 0.2) is 0 Å². The molecular weight excluding hydrogens is 845 g/mol. The molecule has 2 heterocycles. The Morgan fingerprint density at radius 3 is 0.759 bits per heavy atom. The molecular formula is C36H18N2O16S4. The van der Waals surface area contributed by atoms with Gasteiger partial charge in [-0.25, -0.2) is 9.80 Å². The van der Waals surface area contributed by atoms with Crippen molar-refractivity contribution in [3.05, 3.63) is 107 Å². The number of hydrogen-bond donors (Lipinski definition) is 4. The van der Waals surface area contributed by atoms with Gasteiger partial charge >= 0.3 is 0 Å². The Morgan fingerprint density at radius 1 is 0.328 bits per heavy atom. The molecule has 0 saturated heterocycles. The van der Waals surface area contributed by atoms with Crippen molar-refractivity contribution in [2.45, 2.75) is 19.6 Å². The third-order valence-corrected chi connectivity index (χ3v) is 13.4. The molecule has 0 spiro atoms. The van der Waals surface area contributed by atoms with E-state index in [1.807, 2.05) is 0 Å². The van der Waals surface area contributed by atoms with E-state index in [1.54, 1.807) is 0 Å². The second kappa shape index (κ2) is 11.7. The number of fused-ring (bicyclic) bond motifs is 2. The molecule has 4 amide bonds. The van der Waals surface area contributed by atoms with Crippen molar-refractivity contribution >= 4 is 119 Å². The average Bonchev–Trinajstić information content (AvgIpc) is 3.14. The Labute approximate surface area is 324 Å². The molecule has 2 aliphatic heterocycles. The van der Waals surface area contributed by atoms with E-state index in [1.165, 1.54) is 48.5 Å². The smallest absolute Gasteiger partial charge is 0.282 e. The standard InChI is InChI=1S/C36H18N2O16S4/c39-33-25-5-1-21-22-2-6-27-32-28(36(42)38(35(27)41)16-11-19(57(49,50)51)14-20(12-16)58(52,53)54)8-4-24(30(22)32)23-3-7-26(31(25)29(21)23)34(40)37(33)15-9-17(55(43,44)45)13-18(10-15)56(46,47)48/h1-14H,(H,43,44,45)(H,46,47,48)(H,49,50,51)(H,52,53,54). The molecule has 2 aliphatic rings. The van der Waals surface area contributed by atoms with Crippen LogP contribution >= 0.6 is 0 Å². The van der Waals surface area contributed by atoms with E-state index in [0.717, 1.165) is 0 Å². The molecule has 292 valence electrons. The largest absolute Gasteiger partial charge is 0.294 e. The van der Waals surface area contributed by atoms with E-state index < -0.39 is 95.1 Å². The SMILES string of the molecule is O=C1c2ccc3c4ccc5c6c(ccc(c7ccc(c2c37)C(=O)N1c1cc(S(=O)(=O)O)cc(S(=O)(=O)O)c1)c64)C(=O)N(c1cc(S(=O)(=O)O)cc(S(=O)(=O)O)c1)C5=O. The minimum atomic E-state index is -5.11. The fraction of sp³-hybridized carbons (Fsp3) is 0. The summed E-state index contributed by atoms with van der Waals surface area (Å²) in [5.74, 6) is -4.06. The van der Waals surface area contributed by atoms with Gasteiger partial charge in [-0.05, 0) is 93.0 Å². The Hall–Kier alpha value is -6.24. The third-order valence-electron chi connectivity index (χ3n) is 10.1. The normalized spacial score (nSPS) is 15.2. The number of benzene rings is 7. The van der Waals surface area contributed by atoms with Crippen molar-refractivity contribution in [1.82, 2.24) is 0 Å². The first-order valence-electron chi connectivity index (χ1n) is 16.1. The summed E-state index contributed by atoms with van der Waals surface area (Å²) in [6, 6.07) is 15.2. The van der Waals surface area contributed by atoms with Gasteiger partial charge in [-0.15, -0.1) is 0 Å². The predicted octanol–water partition coefficient (Wildman–Crippen LogP) is 4.33. The van der Waals surface area contributed by atoms with Gasteiger partial charge in [-0.1, -0.05) is 24.3 Å². The van der Waals surface area contributed by atoms with Crippen LogP contribution in [0.1, 0.15) is 41.4 Å². The number of nitrogens with zero attached hydrogens (tertiary/aromatic N) is 2. The minimum absolute atomic E-state index is 0.0766. The van der Waals surface area contributed by atoms with Crippen LogP contribution in [0, 0.1) is 0 Å². The molecule has 22 heteroatoms. The Bertz CT molecular complexity index is 3200. The summed E-state index contributed by atoms with van der Waals surface area (Å²) in [6.45, 7) is 0. The molecule has 0 aromatic heterocycles. The zero-order chi connectivity index (χ0) is 41.8. The molecule has 0 radical (unpaired) electrons. The number of amides is 4. The van der Waals surface area contributed by atoms with Crippen LogP contribution in [0.5, 0.6) is 0 Å². The lowest BCUT2D eigenvalue weighted by molar-refractivity contribution is 0.0877. The topological polar surface area (TPSA) is 292 Å². The summed E-state index contributed by atoms with van der Waals surface area (Å²) in [6.07, 6.45) is 0. The molecule has 58 heavy (non-hydrogen) atoms. The van der Waals surface area contributed by atoms with Crippen molar-refractivity contribution in [3.63, 3.8) is 0 Å². The van der Waals surface area contributed by atoms with Crippen LogP contribution in [0.25, 0.3) is 43.1 Å². The molecule has 0 unspecified atom stereocenters. The van der Waals surface area contributed by atoms with E-state index >= 15 is 0 Å². The van der Waals surface area contributed by atoms with Crippen LogP contribution in [-0.2, 0) is 40.5 Å². The zero-order valence-corrected chi connectivity index (χ0v) is 31.6. The van der Waals surface area contributed by atoms with Crippen LogP contribution in [0.4, 0.5) is 11.4 Å². The molecule has 4 N–H and O–H groups in total. The molecule has 0 atom stereocenters. The van der Waals surface area contributed by atoms with Crippen LogP contribution in [0.15, 0.2) is 105 Å². The fourth-order valence-electron chi connectivity index (χ4n) is 7.70. The van der Waals surface area contributed by atoms with Crippen molar-refractivity contribution in [1.29, 1.82) is 0 Å². The number of rotatable bonds is 6.